The summed E-state index contributed by atoms with van der Waals surface area (Å²) in [5.74, 6) is -0.855. The van der Waals surface area contributed by atoms with Crippen LogP contribution in [-0.4, -0.2) is 45.0 Å². The van der Waals surface area contributed by atoms with Crippen molar-refractivity contribution in [2.45, 2.75) is 19.4 Å². The Morgan fingerprint density at radius 1 is 1.23 bits per heavy atom. The summed E-state index contributed by atoms with van der Waals surface area (Å²) in [4.78, 5) is 31.2. The molecule has 30 heavy (non-hydrogen) atoms. The van der Waals surface area contributed by atoms with Gasteiger partial charge in [-0.25, -0.2) is 4.39 Å². The summed E-state index contributed by atoms with van der Waals surface area (Å²) in [6.45, 7) is 1.29. The number of amides is 2. The number of benzene rings is 1. The molecular formula is C22H22FN5O2. The zero-order valence-electron chi connectivity index (χ0n) is 16.3. The molecule has 1 atom stereocenters. The van der Waals surface area contributed by atoms with E-state index in [9.17, 15) is 14.0 Å². The molecule has 0 aliphatic carbocycles. The first-order valence-electron chi connectivity index (χ1n) is 9.87. The van der Waals surface area contributed by atoms with E-state index in [-0.39, 0.29) is 23.5 Å². The Kier molecular flexibility index (Phi) is 5.83. The lowest BCUT2D eigenvalue weighted by molar-refractivity contribution is -0.126. The molecule has 4 rings (SSSR count). The van der Waals surface area contributed by atoms with E-state index in [1.807, 2.05) is 12.1 Å². The van der Waals surface area contributed by atoms with Crippen molar-refractivity contribution >= 4 is 11.8 Å². The van der Waals surface area contributed by atoms with Crippen LogP contribution in [0.5, 0.6) is 0 Å². The zero-order chi connectivity index (χ0) is 20.9. The van der Waals surface area contributed by atoms with Gasteiger partial charge in [-0.05, 0) is 48.7 Å². The fourth-order valence-corrected chi connectivity index (χ4v) is 3.58. The summed E-state index contributed by atoms with van der Waals surface area (Å²) in [5.41, 5.74) is 2.69. The fourth-order valence-electron chi connectivity index (χ4n) is 3.58. The molecule has 2 amide bonds. The Morgan fingerprint density at radius 3 is 2.83 bits per heavy atom. The minimum absolute atomic E-state index is 0.0996. The van der Waals surface area contributed by atoms with Gasteiger partial charge in [0.05, 0.1) is 11.6 Å². The Morgan fingerprint density at radius 2 is 2.07 bits per heavy atom. The second kappa shape index (κ2) is 8.86. The number of carbonyl (C=O) groups is 2. The van der Waals surface area contributed by atoms with Gasteiger partial charge in [0.1, 0.15) is 11.5 Å². The van der Waals surface area contributed by atoms with Crippen molar-refractivity contribution < 1.29 is 14.0 Å². The van der Waals surface area contributed by atoms with Gasteiger partial charge in [-0.15, -0.1) is 0 Å². The first-order valence-corrected chi connectivity index (χ1v) is 9.87. The average molecular weight is 407 g/mol. The molecule has 1 aromatic carbocycles. The van der Waals surface area contributed by atoms with E-state index in [0.29, 0.717) is 31.0 Å². The van der Waals surface area contributed by atoms with Gasteiger partial charge in [-0.1, -0.05) is 12.1 Å². The molecule has 1 aliphatic rings. The molecule has 1 fully saturated rings. The number of aromatic nitrogens is 3. The highest BCUT2D eigenvalue weighted by Gasteiger charge is 2.29. The summed E-state index contributed by atoms with van der Waals surface area (Å²) in [5, 5.41) is 9.89. The molecule has 0 unspecified atom stereocenters. The smallest absolute Gasteiger partial charge is 0.271 e. The second-order valence-electron chi connectivity index (χ2n) is 7.34. The van der Waals surface area contributed by atoms with Gasteiger partial charge in [0.15, 0.2) is 0 Å². The molecule has 2 N–H and O–H groups in total. The molecule has 3 aromatic rings. The Balaban J connectivity index is 1.36. The summed E-state index contributed by atoms with van der Waals surface area (Å²) < 4.78 is 13.0. The summed E-state index contributed by atoms with van der Waals surface area (Å²) in [7, 11) is 0. The maximum Gasteiger partial charge on any atom is 0.271 e. The van der Waals surface area contributed by atoms with Crippen LogP contribution in [0, 0.1) is 11.7 Å². The van der Waals surface area contributed by atoms with E-state index in [1.165, 1.54) is 12.1 Å². The van der Waals surface area contributed by atoms with Crippen LogP contribution in [-0.2, 0) is 11.3 Å². The van der Waals surface area contributed by atoms with Crippen molar-refractivity contribution in [2.24, 2.45) is 5.92 Å². The van der Waals surface area contributed by atoms with Crippen LogP contribution in [0.3, 0.4) is 0 Å². The molecule has 7 nitrogen and oxygen atoms in total. The maximum atomic E-state index is 13.0. The topological polar surface area (TPSA) is 91.0 Å². The highest BCUT2D eigenvalue weighted by atomic mass is 19.1. The number of halogens is 1. The van der Waals surface area contributed by atoms with Crippen LogP contribution in [0.25, 0.3) is 11.3 Å². The zero-order valence-corrected chi connectivity index (χ0v) is 16.3. The highest BCUT2D eigenvalue weighted by Crippen LogP contribution is 2.21. The van der Waals surface area contributed by atoms with Crippen LogP contribution in [0.2, 0.25) is 0 Å². The largest absolute Gasteiger partial charge is 0.352 e. The minimum Gasteiger partial charge on any atom is -0.352 e. The quantitative estimate of drug-likeness (QED) is 0.680. The van der Waals surface area contributed by atoms with Crippen LogP contribution < -0.4 is 5.32 Å². The lowest BCUT2D eigenvalue weighted by atomic mass is 9.96. The molecular weight excluding hydrogens is 385 g/mol. The number of likely N-dealkylation sites (tertiary alicyclic amines) is 1. The number of rotatable bonds is 5. The Labute approximate surface area is 173 Å². The molecule has 1 aliphatic heterocycles. The van der Waals surface area contributed by atoms with Crippen molar-refractivity contribution in [1.82, 2.24) is 25.4 Å². The predicted molar refractivity (Wildman–Crippen MR) is 109 cm³/mol. The number of nitrogens with one attached hydrogen (secondary N) is 2. The van der Waals surface area contributed by atoms with Crippen molar-refractivity contribution in [3.63, 3.8) is 0 Å². The van der Waals surface area contributed by atoms with Crippen molar-refractivity contribution in [3.8, 4) is 11.3 Å². The van der Waals surface area contributed by atoms with E-state index >= 15 is 0 Å². The van der Waals surface area contributed by atoms with Crippen LogP contribution >= 0.6 is 0 Å². The van der Waals surface area contributed by atoms with Crippen molar-refractivity contribution in [2.75, 3.05) is 13.1 Å². The molecule has 0 bridgehead atoms. The second-order valence-corrected chi connectivity index (χ2v) is 7.34. The third-order valence-corrected chi connectivity index (χ3v) is 5.22. The van der Waals surface area contributed by atoms with E-state index in [4.69, 9.17) is 0 Å². The lowest BCUT2D eigenvalue weighted by Gasteiger charge is -2.31. The minimum atomic E-state index is -0.308. The fraction of sp³-hybridized carbons (Fsp3) is 0.273. The van der Waals surface area contributed by atoms with Gasteiger partial charge in [-0.2, -0.15) is 5.10 Å². The monoisotopic (exact) mass is 407 g/mol. The van der Waals surface area contributed by atoms with Gasteiger partial charge in [0.2, 0.25) is 5.91 Å². The first kappa shape index (κ1) is 19.8. The Bertz CT molecular complexity index is 1020. The third kappa shape index (κ3) is 4.53. The molecule has 1 saturated heterocycles. The maximum absolute atomic E-state index is 13.0. The predicted octanol–water partition coefficient (Wildman–Crippen LogP) is 2.78. The summed E-state index contributed by atoms with van der Waals surface area (Å²) >= 11 is 0. The lowest BCUT2D eigenvalue weighted by Crippen LogP contribution is -2.45. The molecule has 8 heteroatoms. The van der Waals surface area contributed by atoms with E-state index in [1.54, 1.807) is 35.5 Å². The number of pyridine rings is 1. The van der Waals surface area contributed by atoms with Gasteiger partial charge in [0, 0.05) is 37.6 Å². The molecule has 0 radical (unpaired) electrons. The third-order valence-electron chi connectivity index (χ3n) is 5.22. The van der Waals surface area contributed by atoms with Gasteiger partial charge >= 0.3 is 0 Å². The number of hydrogen-bond acceptors (Lipinski definition) is 4. The van der Waals surface area contributed by atoms with Crippen molar-refractivity contribution in [3.05, 3.63) is 71.9 Å². The van der Waals surface area contributed by atoms with E-state index in [2.05, 4.69) is 20.5 Å². The summed E-state index contributed by atoms with van der Waals surface area (Å²) in [6.07, 6.45) is 4.84. The number of piperidine rings is 1. The van der Waals surface area contributed by atoms with Crippen LogP contribution in [0.15, 0.2) is 54.9 Å². The van der Waals surface area contributed by atoms with Crippen LogP contribution in [0.4, 0.5) is 4.39 Å². The Hall–Kier alpha value is -3.55. The average Bonchev–Trinajstić information content (AvgIpc) is 3.29. The summed E-state index contributed by atoms with van der Waals surface area (Å²) in [6, 6.07) is 11.4. The van der Waals surface area contributed by atoms with Gasteiger partial charge < -0.3 is 10.2 Å². The number of H-pyrrole nitrogens is 1. The molecule has 0 saturated carbocycles. The highest BCUT2D eigenvalue weighted by molar-refractivity contribution is 5.94. The molecule has 154 valence electrons. The number of aromatic amines is 1. The SMILES string of the molecule is O=C(NCc1ccc(F)cc1)[C@@H]1CCCN(C(=O)c2cc(-c3cccnc3)n[nH]2)C1. The van der Waals surface area contributed by atoms with E-state index < -0.39 is 0 Å². The molecule has 0 spiro atoms. The molecule has 3 heterocycles. The number of hydrogen-bond donors (Lipinski definition) is 2. The van der Waals surface area contributed by atoms with Gasteiger partial charge in [0.25, 0.3) is 5.91 Å². The standard InChI is InChI=1S/C22H22FN5O2/c23-18-7-5-15(6-8-18)12-25-21(29)17-4-2-10-28(14-17)22(30)20-11-19(26-27-20)16-3-1-9-24-13-16/h1,3,5-9,11,13,17H,2,4,10,12,14H2,(H,25,29)(H,26,27)/t17-/m1/s1. The van der Waals surface area contributed by atoms with Crippen LogP contribution in [0.1, 0.15) is 28.9 Å². The normalized spacial score (nSPS) is 16.3. The first-order chi connectivity index (χ1) is 14.6. The number of carbonyl (C=O) groups excluding carboxylic acids is 2. The number of nitrogens with zero attached hydrogens (tertiary/aromatic N) is 3. The van der Waals surface area contributed by atoms with Crippen molar-refractivity contribution in [1.29, 1.82) is 0 Å². The molecule has 2 aromatic heterocycles. The van der Waals surface area contributed by atoms with E-state index in [0.717, 1.165) is 24.0 Å². The van der Waals surface area contributed by atoms with Gasteiger partial charge in [-0.3, -0.25) is 19.7 Å².